The maximum absolute atomic E-state index is 11.9. The van der Waals surface area contributed by atoms with E-state index >= 15 is 0 Å². The lowest BCUT2D eigenvalue weighted by Gasteiger charge is -2.30. The molecule has 7 heteroatoms. The Morgan fingerprint density at radius 3 is 2.84 bits per heavy atom. The number of methoxy groups -OCH3 is 1. The molecule has 0 aliphatic carbocycles. The van der Waals surface area contributed by atoms with Crippen LogP contribution in [-0.2, 0) is 6.54 Å². The van der Waals surface area contributed by atoms with Gasteiger partial charge in [0.15, 0.2) is 11.9 Å². The number of hydrogen-bond acceptors (Lipinski definition) is 6. The van der Waals surface area contributed by atoms with E-state index in [1.807, 2.05) is 24.3 Å². The molecule has 6 nitrogen and oxygen atoms in total. The summed E-state index contributed by atoms with van der Waals surface area (Å²) in [5.41, 5.74) is 1.81. The summed E-state index contributed by atoms with van der Waals surface area (Å²) >= 11 is 1.62. The number of fused-ring (bicyclic) bond motifs is 1. The first-order valence-electron chi connectivity index (χ1n) is 8.44. The second-order valence-corrected chi connectivity index (χ2v) is 7.35. The quantitative estimate of drug-likeness (QED) is 0.531. The molecule has 3 aromatic heterocycles. The van der Waals surface area contributed by atoms with Crippen LogP contribution in [0, 0.1) is 5.21 Å². The summed E-state index contributed by atoms with van der Waals surface area (Å²) in [5.74, 6) is 0.966. The maximum Gasteiger partial charge on any atom is 0.214 e. The molecule has 4 heterocycles. The summed E-state index contributed by atoms with van der Waals surface area (Å²) in [6, 6.07) is 9.46. The van der Waals surface area contributed by atoms with Gasteiger partial charge in [0, 0.05) is 24.1 Å². The smallest absolute Gasteiger partial charge is 0.214 e. The van der Waals surface area contributed by atoms with Crippen LogP contribution < -0.4 is 9.47 Å². The molecule has 1 aliphatic heterocycles. The summed E-state index contributed by atoms with van der Waals surface area (Å²) in [5, 5.41) is 13.0. The first kappa shape index (κ1) is 16.2. The Hall–Kier alpha value is -2.25. The normalized spacial score (nSPS) is 16.4. The van der Waals surface area contributed by atoms with Gasteiger partial charge in [-0.05, 0) is 32.0 Å². The van der Waals surface area contributed by atoms with E-state index in [4.69, 9.17) is 4.74 Å². The molecule has 130 valence electrons. The second-order valence-electron chi connectivity index (χ2n) is 6.29. The molecule has 0 bridgehead atoms. The van der Waals surface area contributed by atoms with E-state index in [0.29, 0.717) is 11.8 Å². The number of piperidine rings is 1. The van der Waals surface area contributed by atoms with Crippen LogP contribution in [0.15, 0.2) is 36.5 Å². The van der Waals surface area contributed by atoms with Crippen LogP contribution >= 0.6 is 11.3 Å². The number of ether oxygens (including phenoxy) is 1. The van der Waals surface area contributed by atoms with E-state index in [2.05, 4.69) is 14.9 Å². The number of nitrogens with zero attached hydrogens (tertiary/aromatic N) is 4. The molecular weight excluding hydrogens is 336 g/mol. The summed E-state index contributed by atoms with van der Waals surface area (Å²) in [6.45, 7) is 2.79. The Balaban J connectivity index is 1.41. The van der Waals surface area contributed by atoms with Crippen LogP contribution in [0.2, 0.25) is 0 Å². The number of rotatable bonds is 4. The van der Waals surface area contributed by atoms with Gasteiger partial charge in [0.1, 0.15) is 15.4 Å². The SMILES string of the molecule is COc1ccc2nc(CN3CCC(c4cccc[n+]4[O-])CC3)sc2n1. The fourth-order valence-electron chi connectivity index (χ4n) is 3.36. The first-order chi connectivity index (χ1) is 12.2. The Morgan fingerprint density at radius 1 is 1.24 bits per heavy atom. The van der Waals surface area contributed by atoms with Crippen LogP contribution in [0.5, 0.6) is 5.88 Å². The molecule has 0 atom stereocenters. The van der Waals surface area contributed by atoms with E-state index in [1.54, 1.807) is 30.7 Å². The lowest BCUT2D eigenvalue weighted by molar-refractivity contribution is -0.616. The average Bonchev–Trinajstić information content (AvgIpc) is 3.04. The van der Waals surface area contributed by atoms with Crippen molar-refractivity contribution in [3.05, 3.63) is 52.4 Å². The van der Waals surface area contributed by atoms with E-state index in [-0.39, 0.29) is 0 Å². The fourth-order valence-corrected chi connectivity index (χ4v) is 4.33. The largest absolute Gasteiger partial charge is 0.618 e. The number of aromatic nitrogens is 3. The topological polar surface area (TPSA) is 65.2 Å². The third-order valence-corrected chi connectivity index (χ3v) is 5.65. The molecule has 0 saturated carbocycles. The van der Waals surface area contributed by atoms with E-state index in [1.165, 1.54) is 0 Å². The molecular formula is C18H20N4O2S. The van der Waals surface area contributed by atoms with Crippen LogP contribution in [0.1, 0.15) is 29.5 Å². The van der Waals surface area contributed by atoms with Crippen molar-refractivity contribution in [2.24, 2.45) is 0 Å². The van der Waals surface area contributed by atoms with Gasteiger partial charge in [-0.25, -0.2) is 9.97 Å². The van der Waals surface area contributed by atoms with Crippen molar-refractivity contribution in [1.82, 2.24) is 14.9 Å². The Bertz CT molecular complexity index is 874. The van der Waals surface area contributed by atoms with Gasteiger partial charge in [-0.15, -0.1) is 0 Å². The number of thiazole rings is 1. The molecule has 3 aromatic rings. The van der Waals surface area contributed by atoms with E-state index in [0.717, 1.165) is 58.3 Å². The van der Waals surface area contributed by atoms with Crippen LogP contribution in [-0.4, -0.2) is 35.1 Å². The van der Waals surface area contributed by atoms with Gasteiger partial charge < -0.3 is 9.94 Å². The number of likely N-dealkylation sites (tertiary alicyclic amines) is 1. The Morgan fingerprint density at radius 2 is 2.08 bits per heavy atom. The lowest BCUT2D eigenvalue weighted by atomic mass is 9.93. The van der Waals surface area contributed by atoms with Crippen molar-refractivity contribution in [2.45, 2.75) is 25.3 Å². The molecule has 25 heavy (non-hydrogen) atoms. The zero-order valence-corrected chi connectivity index (χ0v) is 14.9. The zero-order chi connectivity index (χ0) is 17.2. The van der Waals surface area contributed by atoms with Gasteiger partial charge in [-0.3, -0.25) is 4.90 Å². The third kappa shape index (κ3) is 3.43. The molecule has 1 aliphatic rings. The predicted molar refractivity (Wildman–Crippen MR) is 96.6 cm³/mol. The molecule has 0 radical (unpaired) electrons. The highest BCUT2D eigenvalue weighted by Gasteiger charge is 2.26. The first-order valence-corrected chi connectivity index (χ1v) is 9.25. The van der Waals surface area contributed by atoms with Gasteiger partial charge in [-0.2, -0.15) is 4.73 Å². The minimum atomic E-state index is 0.344. The molecule has 0 unspecified atom stereocenters. The standard InChI is InChI=1S/C18H20N4O2S/c1-24-16-6-5-14-18(20-16)25-17(19-14)12-21-10-7-13(8-11-21)15-4-2-3-9-22(15)23/h2-6,9,13H,7-8,10-12H2,1H3. The van der Waals surface area contributed by atoms with Gasteiger partial charge >= 0.3 is 0 Å². The van der Waals surface area contributed by atoms with E-state index in [9.17, 15) is 5.21 Å². The minimum absolute atomic E-state index is 0.344. The zero-order valence-electron chi connectivity index (χ0n) is 14.1. The van der Waals surface area contributed by atoms with Crippen molar-refractivity contribution in [3.8, 4) is 5.88 Å². The highest BCUT2D eigenvalue weighted by atomic mass is 32.1. The number of pyridine rings is 2. The predicted octanol–water partition coefficient (Wildman–Crippen LogP) is 2.71. The van der Waals surface area contributed by atoms with Crippen LogP contribution in [0.4, 0.5) is 0 Å². The highest BCUT2D eigenvalue weighted by molar-refractivity contribution is 7.18. The maximum atomic E-state index is 11.9. The van der Waals surface area contributed by atoms with Gasteiger partial charge in [-0.1, -0.05) is 17.4 Å². The van der Waals surface area contributed by atoms with Crippen molar-refractivity contribution in [1.29, 1.82) is 0 Å². The summed E-state index contributed by atoms with van der Waals surface area (Å²) in [7, 11) is 1.62. The monoisotopic (exact) mass is 356 g/mol. The summed E-state index contributed by atoms with van der Waals surface area (Å²) in [4.78, 5) is 12.4. The fraction of sp³-hybridized carbons (Fsp3) is 0.389. The molecule has 0 amide bonds. The second kappa shape index (κ2) is 6.93. The molecule has 4 rings (SSSR count). The van der Waals surface area contributed by atoms with Crippen molar-refractivity contribution < 1.29 is 9.47 Å². The molecule has 1 fully saturated rings. The average molecular weight is 356 g/mol. The Labute approximate surface area is 150 Å². The van der Waals surface area contributed by atoms with Gasteiger partial charge in [0.05, 0.1) is 13.7 Å². The minimum Gasteiger partial charge on any atom is -0.618 e. The third-order valence-electron chi connectivity index (χ3n) is 4.70. The summed E-state index contributed by atoms with van der Waals surface area (Å²) < 4.78 is 6.18. The summed E-state index contributed by atoms with van der Waals surface area (Å²) in [6.07, 6.45) is 3.59. The number of hydrogen-bond donors (Lipinski definition) is 0. The molecule has 0 spiro atoms. The molecule has 0 aromatic carbocycles. The van der Waals surface area contributed by atoms with Crippen LogP contribution in [0.25, 0.3) is 10.3 Å². The lowest BCUT2D eigenvalue weighted by Crippen LogP contribution is -2.38. The molecule has 0 N–H and O–H groups in total. The molecule has 1 saturated heterocycles. The van der Waals surface area contributed by atoms with Crippen molar-refractivity contribution >= 4 is 21.7 Å². The highest BCUT2D eigenvalue weighted by Crippen LogP contribution is 2.28. The van der Waals surface area contributed by atoms with Crippen molar-refractivity contribution in [3.63, 3.8) is 0 Å². The van der Waals surface area contributed by atoms with E-state index < -0.39 is 0 Å². The van der Waals surface area contributed by atoms with Crippen molar-refractivity contribution in [2.75, 3.05) is 20.2 Å². The van der Waals surface area contributed by atoms with Crippen LogP contribution in [0.3, 0.4) is 0 Å². The van der Waals surface area contributed by atoms with Gasteiger partial charge in [0.25, 0.3) is 0 Å². The Kier molecular flexibility index (Phi) is 4.50. The van der Waals surface area contributed by atoms with Gasteiger partial charge in [0.2, 0.25) is 5.88 Å².